The average Bonchev–Trinajstić information content (AvgIpc) is 2.81. The first-order valence-corrected chi connectivity index (χ1v) is 10.6. The molecule has 2 aromatic carbocycles. The molecule has 172 valence electrons. The van der Waals surface area contributed by atoms with Crippen molar-refractivity contribution in [3.05, 3.63) is 52.1 Å². The van der Waals surface area contributed by atoms with Crippen LogP contribution in [-0.4, -0.2) is 51.1 Å². The Morgan fingerprint density at radius 2 is 1.53 bits per heavy atom. The highest BCUT2D eigenvalue weighted by Crippen LogP contribution is 2.30. The van der Waals surface area contributed by atoms with Crippen LogP contribution < -0.4 is 29.8 Å². The van der Waals surface area contributed by atoms with Crippen LogP contribution in [0.4, 0.5) is 0 Å². The Balaban J connectivity index is 1.58. The number of hydrogen-bond acceptors (Lipinski definition) is 7. The number of hydrogen-bond donors (Lipinski definition) is 1. The van der Waals surface area contributed by atoms with Crippen LogP contribution in [0.1, 0.15) is 17.8 Å². The molecule has 3 rings (SSSR count). The molecule has 1 N–H and O–H groups in total. The summed E-state index contributed by atoms with van der Waals surface area (Å²) >= 11 is 0. The molecule has 0 bridgehead atoms. The maximum atomic E-state index is 13.0. The summed E-state index contributed by atoms with van der Waals surface area (Å²) in [5.74, 6) is 3.22. The Morgan fingerprint density at radius 1 is 0.875 bits per heavy atom. The predicted octanol–water partition coefficient (Wildman–Crippen LogP) is 2.96. The molecule has 0 aliphatic carbocycles. The molecule has 0 saturated heterocycles. The van der Waals surface area contributed by atoms with Crippen LogP contribution in [0.15, 0.2) is 35.1 Å². The zero-order valence-electron chi connectivity index (χ0n) is 19.4. The van der Waals surface area contributed by atoms with E-state index in [0.717, 1.165) is 37.4 Å². The van der Waals surface area contributed by atoms with Crippen LogP contribution in [0.2, 0.25) is 0 Å². The zero-order chi connectivity index (χ0) is 23.1. The molecule has 0 aliphatic rings. The number of benzene rings is 2. The molecule has 0 fully saturated rings. The van der Waals surface area contributed by atoms with Gasteiger partial charge in [-0.3, -0.25) is 9.36 Å². The van der Waals surface area contributed by atoms with Crippen LogP contribution >= 0.6 is 0 Å². The Labute approximate surface area is 188 Å². The first-order valence-electron chi connectivity index (χ1n) is 10.6. The summed E-state index contributed by atoms with van der Waals surface area (Å²) in [5, 5.41) is 3.96. The van der Waals surface area contributed by atoms with Crippen molar-refractivity contribution in [2.45, 2.75) is 26.3 Å². The van der Waals surface area contributed by atoms with Crippen molar-refractivity contribution in [3.8, 4) is 23.0 Å². The minimum atomic E-state index is -0.0706. The second kappa shape index (κ2) is 10.9. The van der Waals surface area contributed by atoms with Gasteiger partial charge in [0.15, 0.2) is 23.0 Å². The van der Waals surface area contributed by atoms with Crippen LogP contribution in [0.3, 0.4) is 0 Å². The van der Waals surface area contributed by atoms with Crippen molar-refractivity contribution in [2.24, 2.45) is 0 Å². The molecule has 0 radical (unpaired) electrons. The molecule has 0 atom stereocenters. The molecule has 0 saturated carbocycles. The van der Waals surface area contributed by atoms with E-state index in [1.165, 1.54) is 5.56 Å². The van der Waals surface area contributed by atoms with Gasteiger partial charge in [0.1, 0.15) is 5.82 Å². The van der Waals surface area contributed by atoms with Gasteiger partial charge in [0.05, 0.1) is 39.3 Å². The minimum Gasteiger partial charge on any atom is -0.493 e. The quantitative estimate of drug-likeness (QED) is 0.458. The van der Waals surface area contributed by atoms with Crippen molar-refractivity contribution in [2.75, 3.05) is 41.5 Å². The molecule has 8 nitrogen and oxygen atoms in total. The van der Waals surface area contributed by atoms with Crippen LogP contribution in [0, 0.1) is 6.92 Å². The maximum Gasteiger partial charge on any atom is 0.261 e. The molecule has 32 heavy (non-hydrogen) atoms. The largest absolute Gasteiger partial charge is 0.493 e. The van der Waals surface area contributed by atoms with Crippen molar-refractivity contribution in [3.63, 3.8) is 0 Å². The van der Waals surface area contributed by atoms with Crippen molar-refractivity contribution in [1.82, 2.24) is 14.9 Å². The number of nitrogens with zero attached hydrogens (tertiary/aromatic N) is 2. The normalized spacial score (nSPS) is 10.9. The van der Waals surface area contributed by atoms with Gasteiger partial charge in [-0.25, -0.2) is 4.98 Å². The number of rotatable bonds is 11. The molecule has 1 aromatic heterocycles. The van der Waals surface area contributed by atoms with Gasteiger partial charge in [0, 0.05) is 12.6 Å². The van der Waals surface area contributed by atoms with Gasteiger partial charge >= 0.3 is 0 Å². The third kappa shape index (κ3) is 5.13. The molecule has 0 amide bonds. The Morgan fingerprint density at radius 3 is 2.22 bits per heavy atom. The third-order valence-corrected chi connectivity index (χ3v) is 5.42. The molecular weight excluding hydrogens is 410 g/mol. The minimum absolute atomic E-state index is 0.0706. The van der Waals surface area contributed by atoms with E-state index in [-0.39, 0.29) is 5.56 Å². The first kappa shape index (κ1) is 23.4. The standard InChI is InChI=1S/C24H31N3O5/c1-16-26-19-15-23(32-5)22(31-4)14-18(19)24(28)27(16)12-6-10-25-11-9-17-7-8-20(29-2)21(13-17)30-3/h7-8,13-15,25H,6,9-12H2,1-5H3. The lowest BCUT2D eigenvalue weighted by molar-refractivity contribution is 0.354. The lowest BCUT2D eigenvalue weighted by Crippen LogP contribution is -2.26. The van der Waals surface area contributed by atoms with Gasteiger partial charge in [-0.2, -0.15) is 0 Å². The van der Waals surface area contributed by atoms with Crippen LogP contribution in [0.5, 0.6) is 23.0 Å². The lowest BCUT2D eigenvalue weighted by atomic mass is 10.1. The summed E-state index contributed by atoms with van der Waals surface area (Å²) in [6, 6.07) is 9.38. The van der Waals surface area contributed by atoms with E-state index in [4.69, 9.17) is 18.9 Å². The summed E-state index contributed by atoms with van der Waals surface area (Å²) < 4.78 is 23.0. The fraction of sp³-hybridized carbons (Fsp3) is 0.417. The number of nitrogens with one attached hydrogen (secondary N) is 1. The topological polar surface area (TPSA) is 83.8 Å². The highest BCUT2D eigenvalue weighted by Gasteiger charge is 2.13. The van der Waals surface area contributed by atoms with Crippen molar-refractivity contribution < 1.29 is 18.9 Å². The fourth-order valence-electron chi connectivity index (χ4n) is 3.68. The van der Waals surface area contributed by atoms with E-state index in [0.29, 0.717) is 34.8 Å². The van der Waals surface area contributed by atoms with E-state index >= 15 is 0 Å². The Hall–Kier alpha value is -3.26. The summed E-state index contributed by atoms with van der Waals surface area (Å²) in [5.41, 5.74) is 1.71. The highest BCUT2D eigenvalue weighted by molar-refractivity contribution is 5.82. The number of ether oxygens (including phenoxy) is 4. The van der Waals surface area contributed by atoms with Crippen LogP contribution in [0.25, 0.3) is 10.9 Å². The van der Waals surface area contributed by atoms with Gasteiger partial charge < -0.3 is 24.3 Å². The summed E-state index contributed by atoms with van der Waals surface area (Å²) in [6.07, 6.45) is 1.69. The summed E-state index contributed by atoms with van der Waals surface area (Å²) in [7, 11) is 6.38. The summed E-state index contributed by atoms with van der Waals surface area (Å²) in [4.78, 5) is 17.6. The second-order valence-corrected chi connectivity index (χ2v) is 7.38. The van der Waals surface area contributed by atoms with Crippen molar-refractivity contribution in [1.29, 1.82) is 0 Å². The molecule has 0 spiro atoms. The first-order chi connectivity index (χ1) is 15.5. The number of fused-ring (bicyclic) bond motifs is 1. The van der Waals surface area contributed by atoms with E-state index in [9.17, 15) is 4.79 Å². The molecule has 3 aromatic rings. The average molecular weight is 442 g/mol. The zero-order valence-corrected chi connectivity index (χ0v) is 19.4. The fourth-order valence-corrected chi connectivity index (χ4v) is 3.68. The maximum absolute atomic E-state index is 13.0. The van der Waals surface area contributed by atoms with E-state index in [1.807, 2.05) is 25.1 Å². The molecule has 0 aliphatic heterocycles. The summed E-state index contributed by atoms with van der Waals surface area (Å²) in [6.45, 7) is 4.06. The van der Waals surface area contributed by atoms with E-state index in [2.05, 4.69) is 10.3 Å². The highest BCUT2D eigenvalue weighted by atomic mass is 16.5. The van der Waals surface area contributed by atoms with Gasteiger partial charge in [-0.15, -0.1) is 0 Å². The van der Waals surface area contributed by atoms with Gasteiger partial charge in [0.25, 0.3) is 5.56 Å². The number of aromatic nitrogens is 2. The SMILES string of the molecule is COc1ccc(CCNCCCn2c(C)nc3cc(OC)c(OC)cc3c2=O)cc1OC. The van der Waals surface area contributed by atoms with E-state index < -0.39 is 0 Å². The van der Waals surface area contributed by atoms with Crippen LogP contribution in [-0.2, 0) is 13.0 Å². The molecule has 0 unspecified atom stereocenters. The Kier molecular flexibility index (Phi) is 7.94. The Bertz CT molecular complexity index is 1130. The number of methoxy groups -OCH3 is 4. The van der Waals surface area contributed by atoms with Gasteiger partial charge in [-0.1, -0.05) is 6.07 Å². The smallest absolute Gasteiger partial charge is 0.261 e. The monoisotopic (exact) mass is 441 g/mol. The second-order valence-electron chi connectivity index (χ2n) is 7.38. The molecule has 8 heteroatoms. The predicted molar refractivity (Wildman–Crippen MR) is 125 cm³/mol. The lowest BCUT2D eigenvalue weighted by Gasteiger charge is -2.13. The third-order valence-electron chi connectivity index (χ3n) is 5.42. The van der Waals surface area contributed by atoms with Crippen molar-refractivity contribution >= 4 is 10.9 Å². The molecule has 1 heterocycles. The number of aryl methyl sites for hydroxylation is 1. The van der Waals surface area contributed by atoms with Gasteiger partial charge in [-0.05, 0) is 56.6 Å². The van der Waals surface area contributed by atoms with Gasteiger partial charge in [0.2, 0.25) is 0 Å². The van der Waals surface area contributed by atoms with E-state index in [1.54, 1.807) is 45.1 Å². The molecular formula is C24H31N3O5.